The number of sulfonamides is 1. The number of aromatic nitrogens is 3. The van der Waals surface area contributed by atoms with Crippen LogP contribution in [0.4, 0.5) is 0 Å². The van der Waals surface area contributed by atoms with Crippen LogP contribution in [-0.4, -0.2) is 61.6 Å². The zero-order chi connectivity index (χ0) is 15.3. The highest BCUT2D eigenvalue weighted by atomic mass is 32.2. The fourth-order valence-corrected chi connectivity index (χ4v) is 2.63. The Kier molecular flexibility index (Phi) is 5.12. The van der Waals surface area contributed by atoms with Crippen LogP contribution in [0.2, 0.25) is 0 Å². The van der Waals surface area contributed by atoms with Crippen LogP contribution in [0.25, 0.3) is 0 Å². The Morgan fingerprint density at radius 1 is 1.52 bits per heavy atom. The molecule has 0 fully saturated rings. The number of aryl methyl sites for hydroxylation is 1. The molecule has 3 N–H and O–H groups in total. The van der Waals surface area contributed by atoms with E-state index < -0.39 is 10.0 Å². The normalized spacial score (nSPS) is 19.1. The lowest BCUT2D eigenvalue weighted by Crippen LogP contribution is -2.48. The first-order valence-corrected chi connectivity index (χ1v) is 8.65. The molecule has 0 radical (unpaired) electrons. The number of hydrogen-bond acceptors (Lipinski definition) is 5. The third-order valence-corrected chi connectivity index (χ3v) is 3.88. The average Bonchev–Trinajstić information content (AvgIpc) is 2.88. The highest BCUT2D eigenvalue weighted by molar-refractivity contribution is 7.88. The van der Waals surface area contributed by atoms with Gasteiger partial charge in [0.15, 0.2) is 5.96 Å². The van der Waals surface area contributed by atoms with E-state index in [0.29, 0.717) is 19.0 Å². The molecule has 1 aliphatic heterocycles. The molecule has 118 valence electrons. The van der Waals surface area contributed by atoms with Gasteiger partial charge in [-0.3, -0.25) is 4.99 Å². The third kappa shape index (κ3) is 4.97. The number of fused-ring (bicyclic) bond motifs is 1. The molecule has 0 spiro atoms. The van der Waals surface area contributed by atoms with E-state index in [1.165, 1.54) is 0 Å². The van der Waals surface area contributed by atoms with Gasteiger partial charge < -0.3 is 10.6 Å². The molecule has 1 atom stereocenters. The number of aliphatic imine (C=N–C) groups is 1. The lowest BCUT2D eigenvalue weighted by Gasteiger charge is -2.25. The molecule has 0 saturated heterocycles. The van der Waals surface area contributed by atoms with E-state index >= 15 is 0 Å². The highest BCUT2D eigenvalue weighted by Gasteiger charge is 2.20. The van der Waals surface area contributed by atoms with E-state index in [1.807, 2.05) is 4.68 Å². The van der Waals surface area contributed by atoms with Gasteiger partial charge in [0.2, 0.25) is 10.0 Å². The minimum absolute atomic E-state index is 0.230. The second kappa shape index (κ2) is 6.85. The van der Waals surface area contributed by atoms with Crippen molar-refractivity contribution in [2.75, 3.05) is 26.4 Å². The van der Waals surface area contributed by atoms with E-state index in [9.17, 15) is 8.42 Å². The fourth-order valence-electron chi connectivity index (χ4n) is 2.16. The molecule has 0 saturated carbocycles. The van der Waals surface area contributed by atoms with Gasteiger partial charge in [-0.2, -0.15) is 5.10 Å². The monoisotopic (exact) mass is 315 g/mol. The number of nitrogens with one attached hydrogen (secondary N) is 3. The molecule has 1 unspecified atom stereocenters. The van der Waals surface area contributed by atoms with Crippen molar-refractivity contribution < 1.29 is 8.42 Å². The van der Waals surface area contributed by atoms with Crippen LogP contribution in [0.15, 0.2) is 11.3 Å². The molecular formula is C11H21N7O2S. The summed E-state index contributed by atoms with van der Waals surface area (Å²) in [5, 5.41) is 10.6. The largest absolute Gasteiger partial charge is 0.355 e. The van der Waals surface area contributed by atoms with Gasteiger partial charge in [-0.25, -0.2) is 22.8 Å². The topological polar surface area (TPSA) is 113 Å². The quantitative estimate of drug-likeness (QED) is 0.339. The Hall–Kier alpha value is -1.68. The van der Waals surface area contributed by atoms with Crippen molar-refractivity contribution in [3.8, 4) is 0 Å². The summed E-state index contributed by atoms with van der Waals surface area (Å²) in [6, 6.07) is 0.230. The summed E-state index contributed by atoms with van der Waals surface area (Å²) < 4.78 is 26.2. The van der Waals surface area contributed by atoms with Crippen molar-refractivity contribution in [3.63, 3.8) is 0 Å². The lowest BCUT2D eigenvalue weighted by molar-refractivity contribution is 0.393. The molecule has 21 heavy (non-hydrogen) atoms. The Balaban J connectivity index is 1.76. The van der Waals surface area contributed by atoms with Gasteiger partial charge in [0.25, 0.3) is 0 Å². The zero-order valence-electron chi connectivity index (χ0n) is 12.2. The third-order valence-electron chi connectivity index (χ3n) is 3.15. The predicted molar refractivity (Wildman–Crippen MR) is 79.5 cm³/mol. The minimum Gasteiger partial charge on any atom is -0.355 e. The zero-order valence-corrected chi connectivity index (χ0v) is 13.0. The van der Waals surface area contributed by atoms with Crippen LogP contribution in [-0.2, 0) is 23.0 Å². The van der Waals surface area contributed by atoms with Crippen LogP contribution in [0.1, 0.15) is 12.2 Å². The van der Waals surface area contributed by atoms with E-state index in [4.69, 9.17) is 0 Å². The molecule has 0 aliphatic carbocycles. The van der Waals surface area contributed by atoms with Gasteiger partial charge in [0.1, 0.15) is 12.2 Å². The van der Waals surface area contributed by atoms with Crippen molar-refractivity contribution >= 4 is 16.0 Å². The van der Waals surface area contributed by atoms with Crippen LogP contribution in [0, 0.1) is 0 Å². The first kappa shape index (κ1) is 15.7. The second-order valence-corrected chi connectivity index (χ2v) is 6.74. The second-order valence-electron chi connectivity index (χ2n) is 4.90. The van der Waals surface area contributed by atoms with Gasteiger partial charge in [0.05, 0.1) is 12.8 Å². The molecule has 1 aromatic rings. The van der Waals surface area contributed by atoms with Crippen LogP contribution in [0.3, 0.4) is 0 Å². The van der Waals surface area contributed by atoms with Crippen molar-refractivity contribution in [3.05, 3.63) is 12.2 Å². The smallest absolute Gasteiger partial charge is 0.208 e. The van der Waals surface area contributed by atoms with E-state index in [1.54, 1.807) is 13.4 Å². The number of nitrogens with zero attached hydrogens (tertiary/aromatic N) is 4. The lowest BCUT2D eigenvalue weighted by atomic mass is 10.1. The van der Waals surface area contributed by atoms with Gasteiger partial charge >= 0.3 is 0 Å². The summed E-state index contributed by atoms with van der Waals surface area (Å²) in [5.74, 6) is 1.66. The maximum atomic E-state index is 11.0. The molecule has 2 heterocycles. The van der Waals surface area contributed by atoms with Crippen molar-refractivity contribution in [1.29, 1.82) is 0 Å². The van der Waals surface area contributed by atoms with Crippen molar-refractivity contribution in [2.24, 2.45) is 4.99 Å². The molecule has 1 aromatic heterocycles. The standard InChI is InChI=1S/C11H21N7O2S/c1-12-11(13-5-6-16-21(2,19)20)17-9-3-4-10-14-8-15-18(10)7-9/h8-9,16H,3-7H2,1-2H3,(H2,12,13,17). The summed E-state index contributed by atoms with van der Waals surface area (Å²) in [6.07, 6.45) is 4.55. The summed E-state index contributed by atoms with van der Waals surface area (Å²) in [5.41, 5.74) is 0. The van der Waals surface area contributed by atoms with Crippen molar-refractivity contribution in [2.45, 2.75) is 25.4 Å². The van der Waals surface area contributed by atoms with Crippen LogP contribution in [0.5, 0.6) is 0 Å². The summed E-state index contributed by atoms with van der Waals surface area (Å²) in [4.78, 5) is 8.32. The Bertz CT molecular complexity index is 595. The van der Waals surface area contributed by atoms with E-state index in [2.05, 4.69) is 30.4 Å². The molecule has 10 heteroatoms. The van der Waals surface area contributed by atoms with E-state index in [0.717, 1.165) is 31.5 Å². The Morgan fingerprint density at radius 2 is 2.33 bits per heavy atom. The summed E-state index contributed by atoms with van der Waals surface area (Å²) >= 11 is 0. The number of rotatable bonds is 5. The van der Waals surface area contributed by atoms with Gasteiger partial charge in [0, 0.05) is 32.6 Å². The van der Waals surface area contributed by atoms with Crippen LogP contribution >= 0.6 is 0 Å². The molecule has 0 aromatic carbocycles. The predicted octanol–water partition coefficient (Wildman–Crippen LogP) is -1.69. The van der Waals surface area contributed by atoms with Gasteiger partial charge in [-0.15, -0.1) is 0 Å². The van der Waals surface area contributed by atoms with E-state index in [-0.39, 0.29) is 6.04 Å². The molecule has 0 amide bonds. The maximum Gasteiger partial charge on any atom is 0.208 e. The van der Waals surface area contributed by atoms with Gasteiger partial charge in [-0.05, 0) is 6.42 Å². The minimum atomic E-state index is -3.15. The molecule has 2 rings (SSSR count). The van der Waals surface area contributed by atoms with Crippen molar-refractivity contribution in [1.82, 2.24) is 30.1 Å². The number of guanidine groups is 1. The number of hydrogen-bond donors (Lipinski definition) is 3. The molecule has 1 aliphatic rings. The highest BCUT2D eigenvalue weighted by Crippen LogP contribution is 2.10. The average molecular weight is 315 g/mol. The molecular weight excluding hydrogens is 294 g/mol. The summed E-state index contributed by atoms with van der Waals surface area (Å²) in [6.45, 7) is 1.53. The maximum absolute atomic E-state index is 11.0. The molecule has 9 nitrogen and oxygen atoms in total. The first-order chi connectivity index (χ1) is 9.98. The Morgan fingerprint density at radius 3 is 3.05 bits per heavy atom. The summed E-state index contributed by atoms with van der Waals surface area (Å²) in [7, 11) is -1.47. The SMILES string of the molecule is CN=C(NCCNS(C)(=O)=O)NC1CCc2ncnn2C1. The van der Waals surface area contributed by atoms with Gasteiger partial charge in [-0.1, -0.05) is 0 Å². The molecule has 0 bridgehead atoms. The van der Waals surface area contributed by atoms with Crippen LogP contribution < -0.4 is 15.4 Å². The first-order valence-electron chi connectivity index (χ1n) is 6.76. The fraction of sp³-hybridized carbons (Fsp3) is 0.727. The Labute approximate surface area is 124 Å².